The van der Waals surface area contributed by atoms with Crippen molar-refractivity contribution >= 4 is 23.7 Å². The van der Waals surface area contributed by atoms with E-state index in [1.54, 1.807) is 11.2 Å². The number of ketones is 1. The first kappa shape index (κ1) is 18.8. The molecule has 0 aliphatic carbocycles. The van der Waals surface area contributed by atoms with Crippen molar-refractivity contribution in [2.45, 2.75) is 27.3 Å². The van der Waals surface area contributed by atoms with Crippen LogP contribution in [-0.4, -0.2) is 48.0 Å². The summed E-state index contributed by atoms with van der Waals surface area (Å²) >= 11 is 0. The summed E-state index contributed by atoms with van der Waals surface area (Å²) in [5, 5.41) is 0. The van der Waals surface area contributed by atoms with Crippen LogP contribution in [0.3, 0.4) is 0 Å². The zero-order valence-electron chi connectivity index (χ0n) is 16.3. The predicted molar refractivity (Wildman–Crippen MR) is 108 cm³/mol. The van der Waals surface area contributed by atoms with Crippen molar-refractivity contribution in [1.82, 2.24) is 9.80 Å². The Kier molecular flexibility index (Phi) is 5.40. The molecule has 1 aliphatic rings. The monoisotopic (exact) mass is 363 g/mol. The summed E-state index contributed by atoms with van der Waals surface area (Å²) in [6.07, 6.45) is 1.80. The lowest BCUT2D eigenvalue weighted by molar-refractivity contribution is 0.0728. The number of carbonyl (C=O) groups excluding carboxylic acids is 2. The van der Waals surface area contributed by atoms with Crippen LogP contribution in [0.15, 0.2) is 41.4 Å². The molecule has 0 bridgehead atoms. The molecule has 0 aromatic heterocycles. The normalized spacial score (nSPS) is 13.3. The number of amides is 1. The van der Waals surface area contributed by atoms with E-state index >= 15 is 0 Å². The Morgan fingerprint density at radius 2 is 1.96 bits per heavy atom. The maximum Gasteiger partial charge on any atom is 0.254 e. The molecule has 140 valence electrons. The topological polar surface area (TPSA) is 53.0 Å². The van der Waals surface area contributed by atoms with Crippen LogP contribution in [0.2, 0.25) is 0 Å². The number of carbonyl (C=O) groups is 2. The third-order valence-corrected chi connectivity index (χ3v) is 4.97. The molecule has 1 amide bonds. The van der Waals surface area contributed by atoms with Crippen molar-refractivity contribution in [3.8, 4) is 0 Å². The van der Waals surface area contributed by atoms with E-state index in [9.17, 15) is 9.59 Å². The Hall–Kier alpha value is -2.95. The molecule has 1 aliphatic heterocycles. The van der Waals surface area contributed by atoms with E-state index in [4.69, 9.17) is 0 Å². The highest BCUT2D eigenvalue weighted by molar-refractivity contribution is 6.05. The van der Waals surface area contributed by atoms with Gasteiger partial charge in [-0.1, -0.05) is 18.2 Å². The van der Waals surface area contributed by atoms with Crippen LogP contribution in [0.25, 0.3) is 0 Å². The Labute approximate surface area is 160 Å². The summed E-state index contributed by atoms with van der Waals surface area (Å²) in [5.74, 6) is -0.116. The molecule has 0 N–H and O–H groups in total. The molecule has 0 fully saturated rings. The van der Waals surface area contributed by atoms with E-state index < -0.39 is 0 Å². The SMILES string of the molecule is CCN(C)/C=N\c1cc(C)c(C(=O)CN2Cc3ccccc3C2=O)cc1C. The van der Waals surface area contributed by atoms with Crippen LogP contribution in [-0.2, 0) is 6.54 Å². The van der Waals surface area contributed by atoms with Gasteiger partial charge in [-0.25, -0.2) is 4.99 Å². The van der Waals surface area contributed by atoms with Gasteiger partial charge in [-0.3, -0.25) is 9.59 Å². The molecular weight excluding hydrogens is 338 g/mol. The van der Waals surface area contributed by atoms with Gasteiger partial charge in [0.25, 0.3) is 5.91 Å². The fraction of sp³-hybridized carbons (Fsp3) is 0.318. The molecule has 5 nitrogen and oxygen atoms in total. The van der Waals surface area contributed by atoms with Crippen LogP contribution < -0.4 is 0 Å². The van der Waals surface area contributed by atoms with Crippen molar-refractivity contribution in [1.29, 1.82) is 0 Å². The predicted octanol–water partition coefficient (Wildman–Crippen LogP) is 3.75. The molecule has 0 atom stereocenters. The van der Waals surface area contributed by atoms with Gasteiger partial charge in [0, 0.05) is 31.3 Å². The minimum atomic E-state index is -0.0721. The lowest BCUT2D eigenvalue weighted by atomic mass is 10.00. The minimum Gasteiger partial charge on any atom is -0.366 e. The summed E-state index contributed by atoms with van der Waals surface area (Å²) in [5.41, 5.74) is 5.01. The highest BCUT2D eigenvalue weighted by atomic mass is 16.2. The third-order valence-electron chi connectivity index (χ3n) is 4.97. The van der Waals surface area contributed by atoms with E-state index in [1.165, 1.54) is 0 Å². The van der Waals surface area contributed by atoms with Gasteiger partial charge >= 0.3 is 0 Å². The number of aliphatic imine (C=N–C) groups is 1. The molecule has 5 heteroatoms. The summed E-state index contributed by atoms with van der Waals surface area (Å²) in [6.45, 7) is 7.38. The third kappa shape index (κ3) is 3.92. The Balaban J connectivity index is 1.77. The van der Waals surface area contributed by atoms with Crippen molar-refractivity contribution in [2.24, 2.45) is 4.99 Å². The number of benzene rings is 2. The average molecular weight is 363 g/mol. The molecule has 27 heavy (non-hydrogen) atoms. The van der Waals surface area contributed by atoms with Crippen LogP contribution in [0.1, 0.15) is 44.3 Å². The molecule has 1 heterocycles. The summed E-state index contributed by atoms with van der Waals surface area (Å²) in [4.78, 5) is 33.5. The number of nitrogens with zero attached hydrogens (tertiary/aromatic N) is 3. The van der Waals surface area contributed by atoms with Gasteiger partial charge in [0.2, 0.25) is 0 Å². The summed E-state index contributed by atoms with van der Waals surface area (Å²) in [6, 6.07) is 11.3. The molecule has 0 saturated carbocycles. The molecule has 2 aromatic rings. The van der Waals surface area contributed by atoms with Gasteiger partial charge in [-0.05, 0) is 55.7 Å². The van der Waals surface area contributed by atoms with Gasteiger partial charge in [0.1, 0.15) is 0 Å². The van der Waals surface area contributed by atoms with Crippen LogP contribution in [0, 0.1) is 13.8 Å². The fourth-order valence-electron chi connectivity index (χ4n) is 3.18. The first-order valence-electron chi connectivity index (χ1n) is 9.16. The second kappa shape index (κ2) is 7.74. The number of aryl methyl sites for hydroxylation is 2. The lowest BCUT2D eigenvalue weighted by Gasteiger charge is -2.16. The zero-order chi connectivity index (χ0) is 19.6. The Morgan fingerprint density at radius 1 is 1.22 bits per heavy atom. The number of hydrogen-bond acceptors (Lipinski definition) is 3. The van der Waals surface area contributed by atoms with E-state index in [-0.39, 0.29) is 18.2 Å². The van der Waals surface area contributed by atoms with Crippen LogP contribution in [0.4, 0.5) is 5.69 Å². The average Bonchev–Trinajstić information content (AvgIpc) is 2.97. The molecule has 0 radical (unpaired) electrons. The fourth-order valence-corrected chi connectivity index (χ4v) is 3.18. The highest BCUT2D eigenvalue weighted by Crippen LogP contribution is 2.26. The lowest BCUT2D eigenvalue weighted by Crippen LogP contribution is -2.30. The van der Waals surface area contributed by atoms with Crippen molar-refractivity contribution in [3.63, 3.8) is 0 Å². The van der Waals surface area contributed by atoms with E-state index in [0.717, 1.165) is 28.9 Å². The quantitative estimate of drug-likeness (QED) is 0.446. The molecule has 0 spiro atoms. The standard InChI is InChI=1S/C22H25N3O2/c1-5-24(4)14-23-20-11-15(2)19(10-16(20)3)21(26)13-25-12-17-8-6-7-9-18(17)22(25)27/h6-11,14H,5,12-13H2,1-4H3/b23-14-. The van der Waals surface area contributed by atoms with Gasteiger partial charge in [0.15, 0.2) is 5.78 Å². The van der Waals surface area contributed by atoms with Gasteiger partial charge in [-0.2, -0.15) is 0 Å². The maximum absolute atomic E-state index is 12.9. The first-order chi connectivity index (χ1) is 12.9. The van der Waals surface area contributed by atoms with E-state index in [1.807, 2.05) is 62.2 Å². The molecule has 0 unspecified atom stereocenters. The second-order valence-corrected chi connectivity index (χ2v) is 7.01. The molecule has 2 aromatic carbocycles. The van der Waals surface area contributed by atoms with Gasteiger partial charge < -0.3 is 9.80 Å². The molecule has 3 rings (SSSR count). The Bertz CT molecular complexity index is 918. The number of Topliss-reactive ketones (excluding diaryl/α,β-unsaturated/α-hetero) is 1. The van der Waals surface area contributed by atoms with E-state index in [2.05, 4.69) is 11.9 Å². The molecular formula is C22H25N3O2. The van der Waals surface area contributed by atoms with Crippen molar-refractivity contribution < 1.29 is 9.59 Å². The largest absolute Gasteiger partial charge is 0.366 e. The van der Waals surface area contributed by atoms with E-state index in [0.29, 0.717) is 17.7 Å². The van der Waals surface area contributed by atoms with Gasteiger partial charge in [-0.15, -0.1) is 0 Å². The highest BCUT2D eigenvalue weighted by Gasteiger charge is 2.28. The van der Waals surface area contributed by atoms with Gasteiger partial charge in [0.05, 0.1) is 18.6 Å². The summed E-state index contributed by atoms with van der Waals surface area (Å²) < 4.78 is 0. The smallest absolute Gasteiger partial charge is 0.254 e. The maximum atomic E-state index is 12.9. The van der Waals surface area contributed by atoms with Crippen LogP contribution in [0.5, 0.6) is 0 Å². The van der Waals surface area contributed by atoms with Crippen LogP contribution >= 0.6 is 0 Å². The zero-order valence-corrected chi connectivity index (χ0v) is 16.3. The van der Waals surface area contributed by atoms with Crippen molar-refractivity contribution in [3.05, 3.63) is 64.2 Å². The minimum absolute atomic E-state index is 0.0436. The number of rotatable bonds is 6. The Morgan fingerprint density at radius 3 is 2.67 bits per heavy atom. The summed E-state index contributed by atoms with van der Waals surface area (Å²) in [7, 11) is 1.97. The van der Waals surface area contributed by atoms with Crippen molar-refractivity contribution in [2.75, 3.05) is 20.1 Å². The number of fused-ring (bicyclic) bond motifs is 1. The second-order valence-electron chi connectivity index (χ2n) is 7.01. The molecule has 0 saturated heterocycles. The first-order valence-corrected chi connectivity index (χ1v) is 9.16. The number of hydrogen-bond donors (Lipinski definition) is 0.